The van der Waals surface area contributed by atoms with Gasteiger partial charge in [0, 0.05) is 16.1 Å². The average molecular weight is 363 g/mol. The second kappa shape index (κ2) is 7.89. The predicted octanol–water partition coefficient (Wildman–Crippen LogP) is 3.00. The second-order valence-corrected chi connectivity index (χ2v) is 6.37. The van der Waals surface area contributed by atoms with Crippen molar-refractivity contribution >= 4 is 51.2 Å². The maximum atomic E-state index is 11.8. The summed E-state index contributed by atoms with van der Waals surface area (Å²) in [6.45, 7) is 2.01. The maximum Gasteiger partial charge on any atom is 0.340 e. The molecule has 1 heterocycles. The van der Waals surface area contributed by atoms with Gasteiger partial charge in [-0.2, -0.15) is 0 Å². The van der Waals surface area contributed by atoms with E-state index < -0.39 is 11.9 Å². The topological polar surface area (TPSA) is 93.4 Å². The van der Waals surface area contributed by atoms with E-state index >= 15 is 0 Å². The third-order valence-electron chi connectivity index (χ3n) is 3.19. The molecule has 1 aromatic heterocycles. The Morgan fingerprint density at radius 2 is 1.92 bits per heavy atom. The van der Waals surface area contributed by atoms with Gasteiger partial charge in [0.25, 0.3) is 0 Å². The molecular weight excluding hydrogens is 346 g/mol. The van der Waals surface area contributed by atoms with Gasteiger partial charge in [0.05, 0.1) is 12.7 Å². The van der Waals surface area contributed by atoms with Gasteiger partial charge in [0.2, 0.25) is 5.91 Å². The minimum Gasteiger partial charge on any atom is -0.465 e. The number of carbonyl (C=O) groups is 2. The highest BCUT2D eigenvalue weighted by Gasteiger charge is 2.17. The van der Waals surface area contributed by atoms with E-state index in [4.69, 9.17) is 22.7 Å². The molecule has 0 aliphatic heterocycles. The van der Waals surface area contributed by atoms with Gasteiger partial charge in [-0.1, -0.05) is 6.92 Å². The summed E-state index contributed by atoms with van der Waals surface area (Å²) in [5.41, 5.74) is 6.77. The van der Waals surface area contributed by atoms with E-state index in [1.807, 2.05) is 6.92 Å². The number of amides is 1. The second-order valence-electron chi connectivity index (χ2n) is 4.82. The number of primary amides is 1. The number of nitrogens with one attached hydrogen (secondary N) is 2. The van der Waals surface area contributed by atoms with Crippen molar-refractivity contribution in [1.82, 2.24) is 0 Å². The van der Waals surface area contributed by atoms with Crippen LogP contribution >= 0.6 is 23.6 Å². The van der Waals surface area contributed by atoms with Crippen LogP contribution in [-0.2, 0) is 11.2 Å². The Labute approximate surface area is 149 Å². The number of rotatable bonds is 5. The van der Waals surface area contributed by atoms with Gasteiger partial charge < -0.3 is 21.1 Å². The van der Waals surface area contributed by atoms with Crippen molar-refractivity contribution in [3.8, 4) is 0 Å². The van der Waals surface area contributed by atoms with Gasteiger partial charge in [-0.15, -0.1) is 11.3 Å². The molecule has 0 atom stereocenters. The molecule has 0 fully saturated rings. The molecule has 1 amide bonds. The van der Waals surface area contributed by atoms with Crippen LogP contribution in [-0.4, -0.2) is 24.1 Å². The zero-order chi connectivity index (χ0) is 17.7. The average Bonchev–Trinajstić information content (AvgIpc) is 2.97. The molecule has 2 aromatic rings. The first-order valence-corrected chi connectivity index (χ1v) is 8.36. The molecular formula is C16H17N3O3S2. The van der Waals surface area contributed by atoms with Crippen LogP contribution in [0.4, 0.5) is 10.7 Å². The van der Waals surface area contributed by atoms with E-state index in [1.54, 1.807) is 30.3 Å². The summed E-state index contributed by atoms with van der Waals surface area (Å²) in [6, 6.07) is 8.40. The lowest BCUT2D eigenvalue weighted by Gasteiger charge is -2.10. The predicted molar refractivity (Wildman–Crippen MR) is 99.8 cm³/mol. The molecule has 8 heteroatoms. The number of aryl methyl sites for hydroxylation is 1. The minimum atomic E-state index is -0.490. The van der Waals surface area contributed by atoms with Crippen molar-refractivity contribution in [1.29, 1.82) is 0 Å². The number of methoxy groups -OCH3 is 1. The lowest BCUT2D eigenvalue weighted by molar-refractivity contribution is 0.0602. The Morgan fingerprint density at radius 3 is 2.46 bits per heavy atom. The van der Waals surface area contributed by atoms with E-state index in [9.17, 15) is 9.59 Å². The molecule has 0 unspecified atom stereocenters. The molecule has 126 valence electrons. The Balaban J connectivity index is 2.10. The summed E-state index contributed by atoms with van der Waals surface area (Å²) in [5, 5.41) is 6.96. The SMILES string of the molecule is CCc1cc(C(=O)OC)c(NC(=S)Nc2ccc(C(N)=O)cc2)s1. The number of hydrogen-bond acceptors (Lipinski definition) is 5. The number of anilines is 2. The number of carbonyl (C=O) groups excluding carboxylic acids is 2. The lowest BCUT2D eigenvalue weighted by atomic mass is 10.2. The van der Waals surface area contributed by atoms with E-state index in [0.29, 0.717) is 26.9 Å². The number of esters is 1. The molecule has 0 radical (unpaired) electrons. The number of benzene rings is 1. The Kier molecular flexibility index (Phi) is 5.88. The summed E-state index contributed by atoms with van der Waals surface area (Å²) < 4.78 is 4.79. The first-order chi connectivity index (χ1) is 11.4. The lowest BCUT2D eigenvalue weighted by Crippen LogP contribution is -2.20. The highest BCUT2D eigenvalue weighted by molar-refractivity contribution is 7.80. The van der Waals surface area contributed by atoms with Crippen molar-refractivity contribution in [3.63, 3.8) is 0 Å². The summed E-state index contributed by atoms with van der Waals surface area (Å²) in [7, 11) is 1.34. The Hall–Kier alpha value is -2.45. The molecule has 2 rings (SSSR count). The summed E-state index contributed by atoms with van der Waals surface area (Å²) in [5.74, 6) is -0.905. The first-order valence-electron chi connectivity index (χ1n) is 7.13. The van der Waals surface area contributed by atoms with Crippen molar-refractivity contribution in [2.24, 2.45) is 5.73 Å². The summed E-state index contributed by atoms with van der Waals surface area (Å²) in [6.07, 6.45) is 0.811. The van der Waals surface area contributed by atoms with E-state index in [2.05, 4.69) is 10.6 Å². The molecule has 0 spiro atoms. The van der Waals surface area contributed by atoms with Crippen LogP contribution in [0.2, 0.25) is 0 Å². The van der Waals surface area contributed by atoms with Crippen LogP contribution in [0.3, 0.4) is 0 Å². The fourth-order valence-corrected chi connectivity index (χ4v) is 3.23. The number of nitrogens with two attached hydrogens (primary N) is 1. The van der Waals surface area contributed by atoms with Gasteiger partial charge in [-0.25, -0.2) is 4.79 Å². The zero-order valence-corrected chi connectivity index (χ0v) is 14.8. The summed E-state index contributed by atoms with van der Waals surface area (Å²) in [4.78, 5) is 23.9. The fraction of sp³-hybridized carbons (Fsp3) is 0.188. The van der Waals surface area contributed by atoms with Crippen LogP contribution in [0, 0.1) is 0 Å². The van der Waals surface area contributed by atoms with Crippen molar-refractivity contribution in [2.75, 3.05) is 17.7 Å². The Bertz CT molecular complexity index is 769. The zero-order valence-electron chi connectivity index (χ0n) is 13.2. The molecule has 0 saturated heterocycles. The smallest absolute Gasteiger partial charge is 0.340 e. The van der Waals surface area contributed by atoms with Crippen molar-refractivity contribution < 1.29 is 14.3 Å². The number of hydrogen-bond donors (Lipinski definition) is 3. The normalized spacial score (nSPS) is 10.1. The van der Waals surface area contributed by atoms with E-state index in [-0.39, 0.29) is 0 Å². The fourth-order valence-electron chi connectivity index (χ4n) is 1.95. The van der Waals surface area contributed by atoms with E-state index in [1.165, 1.54) is 18.4 Å². The van der Waals surface area contributed by atoms with Gasteiger partial charge >= 0.3 is 5.97 Å². The first kappa shape index (κ1) is 17.9. The minimum absolute atomic E-state index is 0.330. The quantitative estimate of drug-likeness (QED) is 0.558. The van der Waals surface area contributed by atoms with Gasteiger partial charge in [-0.05, 0) is 49.0 Å². The van der Waals surface area contributed by atoms with Crippen LogP contribution in [0.1, 0.15) is 32.5 Å². The van der Waals surface area contributed by atoms with Gasteiger partial charge in [-0.3, -0.25) is 4.79 Å². The van der Waals surface area contributed by atoms with Crippen molar-refractivity contribution in [2.45, 2.75) is 13.3 Å². The monoisotopic (exact) mass is 363 g/mol. The van der Waals surface area contributed by atoms with E-state index in [0.717, 1.165) is 11.3 Å². The largest absolute Gasteiger partial charge is 0.465 e. The molecule has 0 aliphatic carbocycles. The molecule has 6 nitrogen and oxygen atoms in total. The molecule has 0 bridgehead atoms. The van der Waals surface area contributed by atoms with Crippen LogP contribution in [0.15, 0.2) is 30.3 Å². The summed E-state index contributed by atoms with van der Waals surface area (Å²) >= 11 is 6.72. The number of thiophene rings is 1. The molecule has 4 N–H and O–H groups in total. The number of thiocarbonyl (C=S) groups is 1. The van der Waals surface area contributed by atoms with Crippen molar-refractivity contribution in [3.05, 3.63) is 46.3 Å². The van der Waals surface area contributed by atoms with Gasteiger partial charge in [0.15, 0.2) is 5.11 Å². The highest BCUT2D eigenvalue weighted by Crippen LogP contribution is 2.29. The third kappa shape index (κ3) is 4.30. The maximum absolute atomic E-state index is 11.8. The van der Waals surface area contributed by atoms with Gasteiger partial charge in [0.1, 0.15) is 5.00 Å². The standard InChI is InChI=1S/C16H17N3O3S2/c1-3-11-8-12(15(21)22-2)14(24-11)19-16(23)18-10-6-4-9(5-7-10)13(17)20/h4-8H,3H2,1-2H3,(H2,17,20)(H2,18,19,23). The number of ether oxygens (including phenoxy) is 1. The molecule has 1 aromatic carbocycles. The van der Waals surface area contributed by atoms with Crippen LogP contribution in [0.5, 0.6) is 0 Å². The molecule has 24 heavy (non-hydrogen) atoms. The molecule has 0 saturated carbocycles. The third-order valence-corrected chi connectivity index (χ3v) is 4.59. The Morgan fingerprint density at radius 1 is 1.25 bits per heavy atom. The molecule has 0 aliphatic rings. The van der Waals surface area contributed by atoms with Crippen LogP contribution in [0.25, 0.3) is 0 Å². The highest BCUT2D eigenvalue weighted by atomic mass is 32.1. The van der Waals surface area contributed by atoms with Crippen LogP contribution < -0.4 is 16.4 Å².